The van der Waals surface area contributed by atoms with Crippen molar-refractivity contribution in [3.05, 3.63) is 58.6 Å². The van der Waals surface area contributed by atoms with Crippen molar-refractivity contribution in [2.75, 3.05) is 18.4 Å². The first-order chi connectivity index (χ1) is 12.4. The molecule has 0 spiro atoms. The molecular formula is C19H21BrN2O3S. The lowest BCUT2D eigenvalue weighted by atomic mass is 10.0. The second kappa shape index (κ2) is 7.90. The molecule has 1 fully saturated rings. The molecule has 5 nitrogen and oxygen atoms in total. The number of anilines is 1. The van der Waals surface area contributed by atoms with Gasteiger partial charge < -0.3 is 5.32 Å². The van der Waals surface area contributed by atoms with Gasteiger partial charge in [0.2, 0.25) is 10.0 Å². The fraction of sp³-hybridized carbons (Fsp3) is 0.316. The van der Waals surface area contributed by atoms with Crippen LogP contribution in [0.25, 0.3) is 0 Å². The van der Waals surface area contributed by atoms with Gasteiger partial charge in [-0.3, -0.25) is 4.79 Å². The van der Waals surface area contributed by atoms with Gasteiger partial charge in [0.1, 0.15) is 0 Å². The number of benzene rings is 2. The van der Waals surface area contributed by atoms with Gasteiger partial charge in [0.15, 0.2) is 0 Å². The van der Waals surface area contributed by atoms with E-state index in [1.807, 2.05) is 6.07 Å². The van der Waals surface area contributed by atoms with Crippen LogP contribution >= 0.6 is 15.9 Å². The molecule has 2 aromatic carbocycles. The highest BCUT2D eigenvalue weighted by Gasteiger charge is 2.28. The third-order valence-electron chi connectivity index (χ3n) is 4.49. The Morgan fingerprint density at radius 1 is 1.15 bits per heavy atom. The Kier molecular flexibility index (Phi) is 5.79. The first kappa shape index (κ1) is 19.1. The smallest absolute Gasteiger partial charge is 0.256 e. The average molecular weight is 437 g/mol. The summed E-state index contributed by atoms with van der Waals surface area (Å²) < 4.78 is 27.8. The molecule has 1 atom stereocenters. The van der Waals surface area contributed by atoms with Crippen LogP contribution in [0.2, 0.25) is 0 Å². The Hall–Kier alpha value is -1.70. The van der Waals surface area contributed by atoms with Gasteiger partial charge in [-0.1, -0.05) is 19.1 Å². The van der Waals surface area contributed by atoms with Crippen LogP contribution in [0.4, 0.5) is 5.69 Å². The molecule has 1 amide bonds. The molecule has 0 saturated carbocycles. The Morgan fingerprint density at radius 3 is 2.50 bits per heavy atom. The lowest BCUT2D eigenvalue weighted by molar-refractivity contribution is 0.102. The number of nitrogens with one attached hydrogen (secondary N) is 1. The van der Waals surface area contributed by atoms with Crippen molar-refractivity contribution in [1.82, 2.24) is 4.31 Å². The van der Waals surface area contributed by atoms with Crippen LogP contribution in [0, 0.1) is 5.92 Å². The molecule has 1 N–H and O–H groups in total. The largest absolute Gasteiger partial charge is 0.322 e. The van der Waals surface area contributed by atoms with E-state index in [4.69, 9.17) is 0 Å². The summed E-state index contributed by atoms with van der Waals surface area (Å²) in [6, 6.07) is 13.5. The van der Waals surface area contributed by atoms with E-state index in [1.165, 1.54) is 0 Å². The minimum Gasteiger partial charge on any atom is -0.322 e. The Balaban J connectivity index is 1.74. The zero-order chi connectivity index (χ0) is 18.7. The summed E-state index contributed by atoms with van der Waals surface area (Å²) in [6.07, 6.45) is 1.95. The van der Waals surface area contributed by atoms with Crippen LogP contribution in [-0.4, -0.2) is 31.7 Å². The molecule has 0 aromatic heterocycles. The summed E-state index contributed by atoms with van der Waals surface area (Å²) >= 11 is 3.35. The minimum absolute atomic E-state index is 0.252. The number of carbonyl (C=O) groups is 1. The Labute approximate surface area is 162 Å². The van der Waals surface area contributed by atoms with Crippen LogP contribution in [0.1, 0.15) is 30.1 Å². The van der Waals surface area contributed by atoms with Crippen molar-refractivity contribution >= 4 is 37.5 Å². The fourth-order valence-electron chi connectivity index (χ4n) is 3.07. The van der Waals surface area contributed by atoms with Crippen LogP contribution in [0.3, 0.4) is 0 Å². The number of nitrogens with zero attached hydrogens (tertiary/aromatic N) is 1. The lowest BCUT2D eigenvalue weighted by Gasteiger charge is -2.30. The monoisotopic (exact) mass is 436 g/mol. The van der Waals surface area contributed by atoms with Crippen LogP contribution < -0.4 is 5.32 Å². The maximum absolute atomic E-state index is 12.8. The fourth-order valence-corrected chi connectivity index (χ4v) is 5.13. The summed E-state index contributed by atoms with van der Waals surface area (Å²) in [5, 5.41) is 2.79. The molecular weight excluding hydrogens is 416 g/mol. The van der Waals surface area contributed by atoms with Crippen LogP contribution in [-0.2, 0) is 10.0 Å². The lowest BCUT2D eigenvalue weighted by Crippen LogP contribution is -2.39. The first-order valence-electron chi connectivity index (χ1n) is 8.54. The summed E-state index contributed by atoms with van der Waals surface area (Å²) in [6.45, 7) is 3.19. The van der Waals surface area contributed by atoms with E-state index in [0.717, 1.165) is 12.8 Å². The second-order valence-electron chi connectivity index (χ2n) is 6.57. The Morgan fingerprint density at radius 2 is 1.85 bits per heavy atom. The van der Waals surface area contributed by atoms with Crippen LogP contribution in [0.5, 0.6) is 0 Å². The second-order valence-corrected chi connectivity index (χ2v) is 9.36. The predicted octanol–water partition coefficient (Wildman–Crippen LogP) is 4.12. The maximum atomic E-state index is 12.8. The molecule has 1 saturated heterocycles. The molecule has 0 aliphatic carbocycles. The minimum atomic E-state index is -3.49. The van der Waals surface area contributed by atoms with E-state index in [9.17, 15) is 13.2 Å². The van der Waals surface area contributed by atoms with E-state index in [-0.39, 0.29) is 10.8 Å². The number of hydrogen-bond acceptors (Lipinski definition) is 3. The molecule has 2 aromatic rings. The van der Waals surface area contributed by atoms with Crippen molar-refractivity contribution in [2.24, 2.45) is 5.92 Å². The number of amides is 1. The van der Waals surface area contributed by atoms with E-state index < -0.39 is 10.0 Å². The topological polar surface area (TPSA) is 66.5 Å². The third-order valence-corrected chi connectivity index (χ3v) is 7.06. The van der Waals surface area contributed by atoms with Gasteiger partial charge in [-0.2, -0.15) is 4.31 Å². The van der Waals surface area contributed by atoms with Gasteiger partial charge in [0.25, 0.3) is 5.91 Å². The average Bonchev–Trinajstić information content (AvgIpc) is 2.62. The van der Waals surface area contributed by atoms with E-state index >= 15 is 0 Å². The van der Waals surface area contributed by atoms with Crippen molar-refractivity contribution in [1.29, 1.82) is 0 Å². The van der Waals surface area contributed by atoms with Crippen molar-refractivity contribution < 1.29 is 13.2 Å². The molecule has 1 aliphatic rings. The predicted molar refractivity (Wildman–Crippen MR) is 106 cm³/mol. The normalized spacial score (nSPS) is 18.5. The molecule has 138 valence electrons. The zero-order valence-corrected chi connectivity index (χ0v) is 16.9. The quantitative estimate of drug-likeness (QED) is 0.783. The summed E-state index contributed by atoms with van der Waals surface area (Å²) in [5.74, 6) is 0.124. The third kappa shape index (κ3) is 4.16. The number of sulfonamides is 1. The van der Waals surface area contributed by atoms with Crippen molar-refractivity contribution in [3.63, 3.8) is 0 Å². The van der Waals surface area contributed by atoms with Gasteiger partial charge >= 0.3 is 0 Å². The van der Waals surface area contributed by atoms with Gasteiger partial charge in [-0.05, 0) is 71.1 Å². The highest BCUT2D eigenvalue weighted by atomic mass is 79.9. The van der Waals surface area contributed by atoms with Gasteiger partial charge in [-0.15, -0.1) is 0 Å². The van der Waals surface area contributed by atoms with E-state index in [1.54, 1.807) is 46.8 Å². The first-order valence-corrected chi connectivity index (χ1v) is 10.8. The highest BCUT2D eigenvalue weighted by Crippen LogP contribution is 2.25. The number of hydrogen-bond donors (Lipinski definition) is 1. The number of halogens is 1. The molecule has 26 heavy (non-hydrogen) atoms. The zero-order valence-electron chi connectivity index (χ0n) is 14.5. The maximum Gasteiger partial charge on any atom is 0.256 e. The highest BCUT2D eigenvalue weighted by molar-refractivity contribution is 9.10. The summed E-state index contributed by atoms with van der Waals surface area (Å²) in [5.41, 5.74) is 1.07. The Bertz CT molecular complexity index is 897. The van der Waals surface area contributed by atoms with Crippen molar-refractivity contribution in [3.8, 4) is 0 Å². The SMILES string of the molecule is C[C@@H]1CCCN(S(=O)(=O)c2ccc(NC(=O)c3ccccc3Br)cc2)C1. The molecule has 1 heterocycles. The molecule has 0 bridgehead atoms. The number of carbonyl (C=O) groups excluding carboxylic acids is 1. The molecule has 0 unspecified atom stereocenters. The summed E-state index contributed by atoms with van der Waals surface area (Å²) in [7, 11) is -3.49. The van der Waals surface area contributed by atoms with Gasteiger partial charge in [0, 0.05) is 23.2 Å². The van der Waals surface area contributed by atoms with E-state index in [0.29, 0.717) is 34.7 Å². The molecule has 1 aliphatic heterocycles. The molecule has 3 rings (SSSR count). The molecule has 0 radical (unpaired) electrons. The number of rotatable bonds is 4. The van der Waals surface area contributed by atoms with E-state index in [2.05, 4.69) is 28.2 Å². The van der Waals surface area contributed by atoms with Crippen LogP contribution in [0.15, 0.2) is 57.9 Å². The van der Waals surface area contributed by atoms with Gasteiger partial charge in [0.05, 0.1) is 10.5 Å². The summed E-state index contributed by atoms with van der Waals surface area (Å²) in [4.78, 5) is 12.6. The standard InChI is InChI=1S/C19H21BrN2O3S/c1-14-5-4-12-22(13-14)26(24,25)16-10-8-15(9-11-16)21-19(23)17-6-2-3-7-18(17)20/h2-3,6-11,14H,4-5,12-13H2,1H3,(H,21,23)/t14-/m1/s1. The van der Waals surface area contributed by atoms with Crippen molar-refractivity contribution in [2.45, 2.75) is 24.7 Å². The van der Waals surface area contributed by atoms with Gasteiger partial charge in [-0.25, -0.2) is 8.42 Å². The number of piperidine rings is 1. The molecule has 7 heteroatoms.